The third-order valence-electron chi connectivity index (χ3n) is 1.75. The monoisotopic (exact) mass is 196 g/mol. The first-order valence-corrected chi connectivity index (χ1v) is 4.25. The van der Waals surface area contributed by atoms with E-state index < -0.39 is 0 Å². The van der Waals surface area contributed by atoms with E-state index in [4.69, 9.17) is 5.84 Å². The fraction of sp³-hybridized carbons (Fsp3) is 0.375. The van der Waals surface area contributed by atoms with Gasteiger partial charge in [0, 0.05) is 25.4 Å². The minimum absolute atomic E-state index is 0.234. The van der Waals surface area contributed by atoms with Crippen LogP contribution in [0.2, 0.25) is 0 Å². The number of hydrogen-bond donors (Lipinski definition) is 2. The lowest BCUT2D eigenvalue weighted by Gasteiger charge is -2.02. The average Bonchev–Trinajstić information content (AvgIpc) is 2.20. The maximum absolute atomic E-state index is 11.1. The number of hydrazine groups is 1. The van der Waals surface area contributed by atoms with E-state index in [2.05, 4.69) is 4.98 Å². The third kappa shape index (κ3) is 2.98. The fourth-order valence-corrected chi connectivity index (χ4v) is 1.04. The maximum Gasteiger partial charge on any atom is 0.347 e. The Morgan fingerprint density at radius 1 is 1.64 bits per heavy atom. The van der Waals surface area contributed by atoms with Gasteiger partial charge in [-0.1, -0.05) is 0 Å². The van der Waals surface area contributed by atoms with E-state index in [1.807, 2.05) is 5.43 Å². The lowest BCUT2D eigenvalue weighted by molar-refractivity contribution is -0.121. The van der Waals surface area contributed by atoms with Crippen LogP contribution in [0, 0.1) is 0 Å². The van der Waals surface area contributed by atoms with Gasteiger partial charge >= 0.3 is 5.69 Å². The van der Waals surface area contributed by atoms with Crippen LogP contribution in [0.5, 0.6) is 0 Å². The second-order valence-corrected chi connectivity index (χ2v) is 2.77. The molecule has 14 heavy (non-hydrogen) atoms. The van der Waals surface area contributed by atoms with Crippen LogP contribution in [0.25, 0.3) is 0 Å². The molecule has 0 radical (unpaired) electrons. The molecule has 76 valence electrons. The number of nitrogens with zero attached hydrogens (tertiary/aromatic N) is 2. The van der Waals surface area contributed by atoms with E-state index in [1.54, 1.807) is 12.3 Å². The Bertz CT molecular complexity index is 360. The Labute approximate surface area is 80.7 Å². The van der Waals surface area contributed by atoms with Crippen LogP contribution >= 0.6 is 0 Å². The lowest BCUT2D eigenvalue weighted by Crippen LogP contribution is -2.30. The van der Waals surface area contributed by atoms with Crippen molar-refractivity contribution in [2.24, 2.45) is 5.84 Å². The van der Waals surface area contributed by atoms with Gasteiger partial charge in [-0.25, -0.2) is 15.6 Å². The normalized spacial score (nSPS) is 9.79. The van der Waals surface area contributed by atoms with E-state index in [0.29, 0.717) is 19.4 Å². The molecule has 6 nitrogen and oxygen atoms in total. The summed E-state index contributed by atoms with van der Waals surface area (Å²) in [4.78, 5) is 25.4. The first-order valence-electron chi connectivity index (χ1n) is 4.25. The molecule has 1 aromatic heterocycles. The number of nitrogens with one attached hydrogen (secondary N) is 1. The number of nitrogens with two attached hydrogens (primary N) is 1. The summed E-state index contributed by atoms with van der Waals surface area (Å²) in [6.07, 6.45) is 3.94. The van der Waals surface area contributed by atoms with Crippen LogP contribution in [0.1, 0.15) is 12.8 Å². The minimum Gasteiger partial charge on any atom is -0.299 e. The van der Waals surface area contributed by atoms with Gasteiger partial charge in [0.1, 0.15) is 0 Å². The minimum atomic E-state index is -0.305. The SMILES string of the molecule is NNC(=O)CCCn1cccnc1=O. The molecule has 0 saturated heterocycles. The summed E-state index contributed by atoms with van der Waals surface area (Å²) in [6.45, 7) is 0.472. The highest BCUT2D eigenvalue weighted by Gasteiger charge is 1.99. The molecule has 0 saturated carbocycles. The maximum atomic E-state index is 11.1. The lowest BCUT2D eigenvalue weighted by atomic mass is 10.3. The summed E-state index contributed by atoms with van der Waals surface area (Å²) in [5, 5.41) is 0. The largest absolute Gasteiger partial charge is 0.347 e. The van der Waals surface area contributed by atoms with Gasteiger partial charge in [-0.3, -0.25) is 14.8 Å². The van der Waals surface area contributed by atoms with Gasteiger partial charge in [0.2, 0.25) is 5.91 Å². The zero-order valence-electron chi connectivity index (χ0n) is 7.64. The van der Waals surface area contributed by atoms with Crippen molar-refractivity contribution < 1.29 is 4.79 Å². The summed E-state index contributed by atoms with van der Waals surface area (Å²) >= 11 is 0. The number of carbonyl (C=O) groups is 1. The Kier molecular flexibility index (Phi) is 3.81. The first-order chi connectivity index (χ1) is 6.74. The molecule has 1 heterocycles. The smallest absolute Gasteiger partial charge is 0.299 e. The molecule has 0 spiro atoms. The number of aromatic nitrogens is 2. The summed E-state index contributed by atoms with van der Waals surface area (Å²) in [5.41, 5.74) is 1.72. The van der Waals surface area contributed by atoms with Crippen LogP contribution < -0.4 is 17.0 Å². The Hall–Kier alpha value is -1.69. The highest BCUT2D eigenvalue weighted by atomic mass is 16.2. The van der Waals surface area contributed by atoms with Gasteiger partial charge in [0.15, 0.2) is 0 Å². The zero-order chi connectivity index (χ0) is 10.4. The number of amides is 1. The highest BCUT2D eigenvalue weighted by Crippen LogP contribution is 1.91. The molecule has 1 amide bonds. The standard InChI is InChI=1S/C8H12N4O2/c9-11-7(13)3-1-5-12-6-2-4-10-8(12)14/h2,4,6H,1,3,5,9H2,(H,11,13). The fourth-order valence-electron chi connectivity index (χ4n) is 1.04. The highest BCUT2D eigenvalue weighted by molar-refractivity contribution is 5.74. The van der Waals surface area contributed by atoms with Gasteiger partial charge in [0.05, 0.1) is 0 Å². The number of aryl methyl sites for hydroxylation is 1. The molecule has 0 atom stereocenters. The Morgan fingerprint density at radius 3 is 3.07 bits per heavy atom. The van der Waals surface area contributed by atoms with Gasteiger partial charge in [-0.2, -0.15) is 0 Å². The zero-order valence-corrected chi connectivity index (χ0v) is 7.64. The van der Waals surface area contributed by atoms with Crippen molar-refractivity contribution in [3.8, 4) is 0 Å². The van der Waals surface area contributed by atoms with E-state index in [-0.39, 0.29) is 11.6 Å². The molecule has 0 unspecified atom stereocenters. The molecule has 0 fully saturated rings. The van der Waals surface area contributed by atoms with Gasteiger partial charge in [-0.05, 0) is 12.5 Å². The van der Waals surface area contributed by atoms with Crippen LogP contribution in [0.4, 0.5) is 0 Å². The molecular formula is C8H12N4O2. The Balaban J connectivity index is 2.43. The first kappa shape index (κ1) is 10.4. The van der Waals surface area contributed by atoms with E-state index in [0.717, 1.165) is 0 Å². The van der Waals surface area contributed by atoms with Crippen molar-refractivity contribution in [1.29, 1.82) is 0 Å². The van der Waals surface area contributed by atoms with E-state index in [1.165, 1.54) is 10.8 Å². The average molecular weight is 196 g/mol. The molecule has 3 N–H and O–H groups in total. The third-order valence-corrected chi connectivity index (χ3v) is 1.75. The van der Waals surface area contributed by atoms with Crippen molar-refractivity contribution in [2.75, 3.05) is 0 Å². The van der Waals surface area contributed by atoms with Crippen molar-refractivity contribution in [1.82, 2.24) is 15.0 Å². The van der Waals surface area contributed by atoms with E-state index in [9.17, 15) is 9.59 Å². The summed E-state index contributed by atoms with van der Waals surface area (Å²) < 4.78 is 1.45. The summed E-state index contributed by atoms with van der Waals surface area (Å²) in [6, 6.07) is 1.67. The molecule has 1 rings (SSSR count). The predicted octanol–water partition coefficient (Wildman–Crippen LogP) is -0.987. The van der Waals surface area contributed by atoms with Crippen molar-refractivity contribution in [3.63, 3.8) is 0 Å². The molecule has 1 aromatic rings. The van der Waals surface area contributed by atoms with E-state index >= 15 is 0 Å². The number of carbonyl (C=O) groups excluding carboxylic acids is 1. The van der Waals surface area contributed by atoms with Crippen LogP contribution in [-0.4, -0.2) is 15.5 Å². The molecule has 0 aliphatic heterocycles. The Morgan fingerprint density at radius 2 is 2.43 bits per heavy atom. The quantitative estimate of drug-likeness (QED) is 0.367. The van der Waals surface area contributed by atoms with Gasteiger partial charge < -0.3 is 0 Å². The van der Waals surface area contributed by atoms with Crippen LogP contribution in [-0.2, 0) is 11.3 Å². The second kappa shape index (κ2) is 5.13. The molecular weight excluding hydrogens is 184 g/mol. The van der Waals surface area contributed by atoms with Crippen molar-refractivity contribution >= 4 is 5.91 Å². The molecule has 0 aliphatic rings. The van der Waals surface area contributed by atoms with Crippen LogP contribution in [0.15, 0.2) is 23.3 Å². The molecule has 6 heteroatoms. The van der Waals surface area contributed by atoms with Gasteiger partial charge in [0.25, 0.3) is 0 Å². The van der Waals surface area contributed by atoms with Crippen molar-refractivity contribution in [2.45, 2.75) is 19.4 Å². The molecule has 0 bridgehead atoms. The topological polar surface area (TPSA) is 90.0 Å². The van der Waals surface area contributed by atoms with Gasteiger partial charge in [-0.15, -0.1) is 0 Å². The number of rotatable bonds is 4. The molecule has 0 aliphatic carbocycles. The van der Waals surface area contributed by atoms with Crippen LogP contribution in [0.3, 0.4) is 0 Å². The summed E-state index contributed by atoms with van der Waals surface area (Å²) in [7, 11) is 0. The second-order valence-electron chi connectivity index (χ2n) is 2.77. The number of hydrogen-bond acceptors (Lipinski definition) is 4. The molecule has 0 aromatic carbocycles. The predicted molar refractivity (Wildman–Crippen MR) is 50.1 cm³/mol. The van der Waals surface area contributed by atoms with Crippen molar-refractivity contribution in [3.05, 3.63) is 28.9 Å². The summed E-state index contributed by atoms with van der Waals surface area (Å²) in [5.74, 6) is 4.67.